The fraction of sp³-hybridized carbons (Fsp3) is 0.316. The third-order valence-electron chi connectivity index (χ3n) is 3.93. The molecule has 0 bridgehead atoms. The molecule has 0 aliphatic heterocycles. The van der Waals surface area contributed by atoms with Crippen molar-refractivity contribution >= 4 is 27.6 Å². The van der Waals surface area contributed by atoms with Crippen LogP contribution in [0.2, 0.25) is 0 Å². The van der Waals surface area contributed by atoms with Crippen LogP contribution in [0, 0.1) is 0 Å². The lowest BCUT2D eigenvalue weighted by molar-refractivity contribution is 0.203. The van der Waals surface area contributed by atoms with Gasteiger partial charge in [0.05, 0.1) is 6.04 Å². The summed E-state index contributed by atoms with van der Waals surface area (Å²) in [5.74, 6) is 0. The van der Waals surface area contributed by atoms with Crippen molar-refractivity contribution < 1.29 is 4.79 Å². The molecule has 1 N–H and O–H groups in total. The minimum absolute atomic E-state index is 0.0633. The highest BCUT2D eigenvalue weighted by atomic mass is 79.9. The summed E-state index contributed by atoms with van der Waals surface area (Å²) in [7, 11) is 5.83. The van der Waals surface area contributed by atoms with Crippen molar-refractivity contribution in [2.45, 2.75) is 19.5 Å². The number of benzene rings is 2. The van der Waals surface area contributed by atoms with Crippen LogP contribution in [-0.2, 0) is 6.54 Å². The second-order valence-corrected chi connectivity index (χ2v) is 6.96. The van der Waals surface area contributed by atoms with E-state index in [0.717, 1.165) is 21.3 Å². The zero-order valence-electron chi connectivity index (χ0n) is 14.6. The molecule has 0 aliphatic rings. The Balaban J connectivity index is 1.95. The summed E-state index contributed by atoms with van der Waals surface area (Å²) in [6, 6.07) is 16.0. The maximum atomic E-state index is 12.4. The van der Waals surface area contributed by atoms with Crippen LogP contribution < -0.4 is 10.2 Å². The minimum atomic E-state index is -0.0880. The van der Waals surface area contributed by atoms with Gasteiger partial charge >= 0.3 is 6.03 Å². The van der Waals surface area contributed by atoms with Gasteiger partial charge in [-0.3, -0.25) is 0 Å². The molecule has 0 aliphatic carbocycles. The second kappa shape index (κ2) is 8.20. The Labute approximate surface area is 152 Å². The van der Waals surface area contributed by atoms with E-state index >= 15 is 0 Å². The number of halogens is 1. The zero-order chi connectivity index (χ0) is 17.7. The molecule has 0 fully saturated rings. The Bertz CT molecular complexity index is 685. The molecule has 0 aromatic heterocycles. The Morgan fingerprint density at radius 2 is 1.71 bits per heavy atom. The molecule has 2 rings (SSSR count). The van der Waals surface area contributed by atoms with E-state index in [1.807, 2.05) is 52.3 Å². The molecule has 2 aromatic carbocycles. The predicted molar refractivity (Wildman–Crippen MR) is 103 cm³/mol. The predicted octanol–water partition coefficient (Wildman–Crippen LogP) is 4.42. The summed E-state index contributed by atoms with van der Waals surface area (Å²) >= 11 is 3.53. The van der Waals surface area contributed by atoms with Crippen molar-refractivity contribution in [2.75, 3.05) is 26.0 Å². The van der Waals surface area contributed by atoms with Crippen LogP contribution >= 0.6 is 15.9 Å². The summed E-state index contributed by atoms with van der Waals surface area (Å²) in [6.07, 6.45) is 0. The summed E-state index contributed by atoms with van der Waals surface area (Å²) in [5, 5.41) is 3.04. The highest BCUT2D eigenvalue weighted by molar-refractivity contribution is 9.10. The molecule has 0 saturated heterocycles. The SMILES string of the molecule is CC(NC(=O)N(C)Cc1ccc(N(C)C)cc1)c1ccccc1Br. The lowest BCUT2D eigenvalue weighted by Gasteiger charge is -2.22. The third-order valence-corrected chi connectivity index (χ3v) is 4.65. The topological polar surface area (TPSA) is 35.6 Å². The smallest absolute Gasteiger partial charge is 0.317 e. The number of nitrogens with one attached hydrogen (secondary N) is 1. The van der Waals surface area contributed by atoms with Crippen LogP contribution in [-0.4, -0.2) is 32.1 Å². The zero-order valence-corrected chi connectivity index (χ0v) is 16.2. The molecule has 5 heteroatoms. The van der Waals surface area contributed by atoms with Crippen molar-refractivity contribution in [3.63, 3.8) is 0 Å². The van der Waals surface area contributed by atoms with E-state index < -0.39 is 0 Å². The molecular weight excluding hydrogens is 366 g/mol. The van der Waals surface area contributed by atoms with E-state index in [4.69, 9.17) is 0 Å². The molecule has 2 amide bonds. The van der Waals surface area contributed by atoms with Gasteiger partial charge in [-0.25, -0.2) is 4.79 Å². The standard InChI is InChI=1S/C19H24BrN3O/c1-14(17-7-5-6-8-18(17)20)21-19(24)23(4)13-15-9-11-16(12-10-15)22(2)3/h5-12,14H,13H2,1-4H3,(H,21,24). The Morgan fingerprint density at radius 3 is 2.29 bits per heavy atom. The molecule has 1 unspecified atom stereocenters. The van der Waals surface area contributed by atoms with Gasteiger partial charge < -0.3 is 15.1 Å². The summed E-state index contributed by atoms with van der Waals surface area (Å²) < 4.78 is 1.000. The Hall–Kier alpha value is -2.01. The summed E-state index contributed by atoms with van der Waals surface area (Å²) in [6.45, 7) is 2.56. The fourth-order valence-electron chi connectivity index (χ4n) is 2.44. The molecule has 128 valence electrons. The fourth-order valence-corrected chi connectivity index (χ4v) is 3.07. The van der Waals surface area contributed by atoms with E-state index in [1.54, 1.807) is 4.90 Å². The summed E-state index contributed by atoms with van der Waals surface area (Å²) in [5.41, 5.74) is 3.31. The average molecular weight is 390 g/mol. The molecule has 0 saturated carbocycles. The molecule has 0 heterocycles. The lowest BCUT2D eigenvalue weighted by atomic mass is 10.1. The maximum absolute atomic E-state index is 12.4. The second-order valence-electron chi connectivity index (χ2n) is 6.11. The molecule has 2 aromatic rings. The number of urea groups is 1. The number of carbonyl (C=O) groups is 1. The number of amides is 2. The largest absolute Gasteiger partial charge is 0.378 e. The van der Waals surface area contributed by atoms with Crippen LogP contribution in [0.25, 0.3) is 0 Å². The minimum Gasteiger partial charge on any atom is -0.378 e. The monoisotopic (exact) mass is 389 g/mol. The van der Waals surface area contributed by atoms with E-state index in [2.05, 4.69) is 50.4 Å². The molecule has 24 heavy (non-hydrogen) atoms. The van der Waals surface area contributed by atoms with Crippen LogP contribution in [0.1, 0.15) is 24.1 Å². The first-order valence-electron chi connectivity index (χ1n) is 7.91. The number of hydrogen-bond donors (Lipinski definition) is 1. The Kier molecular flexibility index (Phi) is 6.26. The van der Waals surface area contributed by atoms with E-state index in [-0.39, 0.29) is 12.1 Å². The van der Waals surface area contributed by atoms with Crippen molar-refractivity contribution in [1.29, 1.82) is 0 Å². The first-order chi connectivity index (χ1) is 11.4. The first-order valence-corrected chi connectivity index (χ1v) is 8.70. The third kappa shape index (κ3) is 4.74. The van der Waals surface area contributed by atoms with Gasteiger partial charge in [-0.2, -0.15) is 0 Å². The van der Waals surface area contributed by atoms with E-state index in [0.29, 0.717) is 6.54 Å². The maximum Gasteiger partial charge on any atom is 0.317 e. The molecule has 0 radical (unpaired) electrons. The van der Waals surface area contributed by atoms with Crippen molar-refractivity contribution in [3.05, 3.63) is 64.1 Å². The highest BCUT2D eigenvalue weighted by Crippen LogP contribution is 2.23. The molecule has 0 spiro atoms. The van der Waals surface area contributed by atoms with Gasteiger partial charge in [-0.05, 0) is 36.2 Å². The Morgan fingerprint density at radius 1 is 1.08 bits per heavy atom. The highest BCUT2D eigenvalue weighted by Gasteiger charge is 2.15. The van der Waals surface area contributed by atoms with Gasteiger partial charge in [-0.15, -0.1) is 0 Å². The van der Waals surface area contributed by atoms with Crippen LogP contribution in [0.4, 0.5) is 10.5 Å². The van der Waals surface area contributed by atoms with E-state index in [9.17, 15) is 4.79 Å². The van der Waals surface area contributed by atoms with Gasteiger partial charge in [0.2, 0.25) is 0 Å². The summed E-state index contributed by atoms with van der Waals surface area (Å²) in [4.78, 5) is 16.2. The molecular formula is C19H24BrN3O. The quantitative estimate of drug-likeness (QED) is 0.821. The van der Waals surface area contributed by atoms with Crippen LogP contribution in [0.3, 0.4) is 0 Å². The van der Waals surface area contributed by atoms with Gasteiger partial charge in [0.15, 0.2) is 0 Å². The van der Waals surface area contributed by atoms with Crippen LogP contribution in [0.15, 0.2) is 53.0 Å². The van der Waals surface area contributed by atoms with Gasteiger partial charge in [0.25, 0.3) is 0 Å². The number of anilines is 1. The number of hydrogen-bond acceptors (Lipinski definition) is 2. The lowest BCUT2D eigenvalue weighted by Crippen LogP contribution is -2.38. The normalized spacial score (nSPS) is 11.7. The molecule has 4 nitrogen and oxygen atoms in total. The van der Waals surface area contributed by atoms with Crippen molar-refractivity contribution in [2.24, 2.45) is 0 Å². The number of nitrogens with zero attached hydrogens (tertiary/aromatic N) is 2. The van der Waals surface area contributed by atoms with Gasteiger partial charge in [0.1, 0.15) is 0 Å². The number of rotatable bonds is 5. The van der Waals surface area contributed by atoms with Crippen LogP contribution in [0.5, 0.6) is 0 Å². The van der Waals surface area contributed by atoms with E-state index in [1.165, 1.54) is 0 Å². The average Bonchev–Trinajstić information content (AvgIpc) is 2.55. The number of carbonyl (C=O) groups excluding carboxylic acids is 1. The van der Waals surface area contributed by atoms with Crippen molar-refractivity contribution in [3.8, 4) is 0 Å². The first kappa shape index (κ1) is 18.3. The molecule has 1 atom stereocenters. The van der Waals surface area contributed by atoms with Gasteiger partial charge in [0, 0.05) is 37.8 Å². The van der Waals surface area contributed by atoms with Crippen molar-refractivity contribution in [1.82, 2.24) is 10.2 Å². The van der Waals surface area contributed by atoms with Gasteiger partial charge in [-0.1, -0.05) is 46.3 Å².